The Morgan fingerprint density at radius 1 is 1.12 bits per heavy atom. The molecule has 0 fully saturated rings. The van der Waals surface area contributed by atoms with Crippen LogP contribution in [0.25, 0.3) is 11.0 Å². The maximum atomic E-state index is 12.9. The largest absolute Gasteiger partial charge is 0.332 e. The molecule has 3 rings (SSSR count). The second-order valence-electron chi connectivity index (χ2n) is 8.38. The summed E-state index contributed by atoms with van der Waals surface area (Å²) in [6, 6.07) is 4.77. The highest BCUT2D eigenvalue weighted by Crippen LogP contribution is 2.31. The zero-order chi connectivity index (χ0) is 24.0. The van der Waals surface area contributed by atoms with Gasteiger partial charge >= 0.3 is 5.69 Å². The lowest BCUT2D eigenvalue weighted by atomic mass is 9.96. The summed E-state index contributed by atoms with van der Waals surface area (Å²) in [5.74, 6) is 0.117. The smallest absolute Gasteiger partial charge is 0.324 e. The number of nitrogens with one attached hydrogen (secondary N) is 1. The molecule has 3 aromatic rings. The number of hydrogen-bond acceptors (Lipinski definition) is 6. The molecule has 0 bridgehead atoms. The summed E-state index contributed by atoms with van der Waals surface area (Å²) in [6.45, 7) is 7.48. The topological polar surface area (TPSA) is 98.9 Å². The molecule has 0 saturated carbocycles. The number of thioether (sulfide) groups is 1. The Bertz CT molecular complexity index is 1340. The minimum atomic E-state index is -0.641. The number of amides is 1. The molecule has 0 radical (unpaired) electrons. The molecule has 2 aromatic heterocycles. The van der Waals surface area contributed by atoms with Crippen molar-refractivity contribution in [1.29, 1.82) is 0 Å². The third-order valence-electron chi connectivity index (χ3n) is 4.78. The minimum absolute atomic E-state index is 0.188. The first-order chi connectivity index (χ1) is 14.8. The second kappa shape index (κ2) is 8.88. The molecule has 11 heteroatoms. The molecule has 170 valence electrons. The van der Waals surface area contributed by atoms with Crippen LogP contribution in [0.4, 0.5) is 5.69 Å². The van der Waals surface area contributed by atoms with Crippen LogP contribution >= 0.6 is 35.0 Å². The Kier molecular flexibility index (Phi) is 6.74. The minimum Gasteiger partial charge on any atom is -0.324 e. The van der Waals surface area contributed by atoms with Gasteiger partial charge in [-0.25, -0.2) is 14.8 Å². The highest BCUT2D eigenvalue weighted by Gasteiger charge is 2.26. The van der Waals surface area contributed by atoms with Crippen molar-refractivity contribution in [1.82, 2.24) is 19.1 Å². The molecule has 32 heavy (non-hydrogen) atoms. The maximum absolute atomic E-state index is 12.9. The standard InChI is InChI=1S/C21H23Cl2N5O3S/c1-10(16(29)24-13-9-11(22)7-8-12(13)23)32-17-14-15(25-19(26-17)21(2,3)4)27(5)20(31)28(6)18(14)30/h7-10H,1-6H3,(H,24,29)/t10-/m0/s1. The maximum Gasteiger partial charge on any atom is 0.332 e. The van der Waals surface area contributed by atoms with Gasteiger partial charge in [0.15, 0.2) is 5.65 Å². The number of carbonyl (C=O) groups is 1. The van der Waals surface area contributed by atoms with E-state index >= 15 is 0 Å². The van der Waals surface area contributed by atoms with Crippen LogP contribution in [0, 0.1) is 0 Å². The van der Waals surface area contributed by atoms with Gasteiger partial charge in [0.25, 0.3) is 5.56 Å². The van der Waals surface area contributed by atoms with E-state index < -0.39 is 21.9 Å². The van der Waals surface area contributed by atoms with Gasteiger partial charge in [0.1, 0.15) is 16.2 Å². The number of aryl methyl sites for hydroxylation is 1. The van der Waals surface area contributed by atoms with Crippen LogP contribution in [0.15, 0.2) is 32.8 Å². The molecule has 0 aliphatic rings. The first-order valence-electron chi connectivity index (χ1n) is 9.72. The van der Waals surface area contributed by atoms with E-state index in [4.69, 9.17) is 23.2 Å². The number of carbonyl (C=O) groups excluding carboxylic acids is 1. The number of hydrogen-bond donors (Lipinski definition) is 1. The van der Waals surface area contributed by atoms with E-state index in [2.05, 4.69) is 15.3 Å². The van der Waals surface area contributed by atoms with Crippen molar-refractivity contribution in [3.63, 3.8) is 0 Å². The van der Waals surface area contributed by atoms with Crippen LogP contribution in [0.1, 0.15) is 33.5 Å². The summed E-state index contributed by atoms with van der Waals surface area (Å²) in [7, 11) is 2.95. The average Bonchev–Trinajstić information content (AvgIpc) is 2.72. The highest BCUT2D eigenvalue weighted by atomic mass is 35.5. The molecular formula is C21H23Cl2N5O3S. The molecule has 0 aliphatic carbocycles. The number of fused-ring (bicyclic) bond motifs is 1. The number of aromatic nitrogens is 4. The van der Waals surface area contributed by atoms with Crippen molar-refractivity contribution in [3.05, 3.63) is 54.9 Å². The number of anilines is 1. The SMILES string of the molecule is C[C@H](Sc1nc(C(C)(C)C)nc2c1c(=O)n(C)c(=O)n2C)C(=O)Nc1cc(Cl)ccc1Cl. The molecule has 1 atom stereocenters. The number of nitrogens with zero attached hydrogens (tertiary/aromatic N) is 4. The normalized spacial score (nSPS) is 12.8. The van der Waals surface area contributed by atoms with Gasteiger partial charge in [0.2, 0.25) is 5.91 Å². The third kappa shape index (κ3) is 4.69. The molecule has 1 N–H and O–H groups in total. The molecular weight excluding hydrogens is 473 g/mol. The van der Waals surface area contributed by atoms with E-state index in [0.717, 1.165) is 16.3 Å². The van der Waals surface area contributed by atoms with Gasteiger partial charge in [-0.05, 0) is 25.1 Å². The van der Waals surface area contributed by atoms with Crippen molar-refractivity contribution in [2.45, 2.75) is 43.4 Å². The molecule has 2 heterocycles. The van der Waals surface area contributed by atoms with Gasteiger partial charge in [-0.1, -0.05) is 55.7 Å². The van der Waals surface area contributed by atoms with Crippen LogP contribution in [0.3, 0.4) is 0 Å². The van der Waals surface area contributed by atoms with E-state index in [0.29, 0.717) is 26.6 Å². The third-order valence-corrected chi connectivity index (χ3v) is 6.43. The van der Waals surface area contributed by atoms with Crippen LogP contribution in [0.5, 0.6) is 0 Å². The fourth-order valence-electron chi connectivity index (χ4n) is 2.90. The fourth-order valence-corrected chi connectivity index (χ4v) is 4.17. The van der Waals surface area contributed by atoms with Gasteiger partial charge in [-0.2, -0.15) is 0 Å². The number of halogens is 2. The lowest BCUT2D eigenvalue weighted by molar-refractivity contribution is -0.115. The number of rotatable bonds is 4. The van der Waals surface area contributed by atoms with Crippen LogP contribution < -0.4 is 16.6 Å². The van der Waals surface area contributed by atoms with Crippen molar-refractivity contribution in [2.24, 2.45) is 14.1 Å². The van der Waals surface area contributed by atoms with Gasteiger partial charge < -0.3 is 5.32 Å². The Morgan fingerprint density at radius 2 is 1.78 bits per heavy atom. The molecule has 0 saturated heterocycles. The summed E-state index contributed by atoms with van der Waals surface area (Å²) in [6.07, 6.45) is 0. The second-order valence-corrected chi connectivity index (χ2v) is 10.6. The average molecular weight is 496 g/mol. The molecule has 0 aliphatic heterocycles. The summed E-state index contributed by atoms with van der Waals surface area (Å²) >= 11 is 13.3. The Morgan fingerprint density at radius 3 is 2.41 bits per heavy atom. The summed E-state index contributed by atoms with van der Waals surface area (Å²) < 4.78 is 2.32. The van der Waals surface area contributed by atoms with Gasteiger partial charge in [-0.3, -0.25) is 18.7 Å². The van der Waals surface area contributed by atoms with Crippen molar-refractivity contribution in [2.75, 3.05) is 5.32 Å². The van der Waals surface area contributed by atoms with Crippen molar-refractivity contribution in [3.8, 4) is 0 Å². The number of benzene rings is 1. The van der Waals surface area contributed by atoms with E-state index in [-0.39, 0.29) is 16.9 Å². The monoisotopic (exact) mass is 495 g/mol. The van der Waals surface area contributed by atoms with Crippen LogP contribution in [-0.2, 0) is 24.3 Å². The summed E-state index contributed by atoms with van der Waals surface area (Å²) in [4.78, 5) is 47.3. The van der Waals surface area contributed by atoms with E-state index in [9.17, 15) is 14.4 Å². The first-order valence-corrected chi connectivity index (χ1v) is 11.4. The quantitative estimate of drug-likeness (QED) is 0.437. The lowest BCUT2D eigenvalue weighted by Crippen LogP contribution is -2.38. The van der Waals surface area contributed by atoms with Crippen LogP contribution in [-0.4, -0.2) is 30.3 Å². The zero-order valence-corrected chi connectivity index (χ0v) is 20.8. The van der Waals surface area contributed by atoms with E-state index in [1.165, 1.54) is 11.6 Å². The Labute approximate surface area is 199 Å². The predicted octanol–water partition coefficient (Wildman–Crippen LogP) is 3.75. The molecule has 0 spiro atoms. The fraction of sp³-hybridized carbons (Fsp3) is 0.381. The zero-order valence-electron chi connectivity index (χ0n) is 18.5. The summed E-state index contributed by atoms with van der Waals surface area (Å²) in [5.41, 5.74) is -0.834. The van der Waals surface area contributed by atoms with Crippen LogP contribution in [0.2, 0.25) is 10.0 Å². The summed E-state index contributed by atoms with van der Waals surface area (Å²) in [5, 5.41) is 3.42. The van der Waals surface area contributed by atoms with Gasteiger partial charge in [0.05, 0.1) is 16.0 Å². The van der Waals surface area contributed by atoms with Crippen molar-refractivity contribution >= 4 is 57.6 Å². The molecule has 0 unspecified atom stereocenters. The van der Waals surface area contributed by atoms with Gasteiger partial charge in [0, 0.05) is 24.5 Å². The Balaban J connectivity index is 2.09. The van der Waals surface area contributed by atoms with Gasteiger partial charge in [-0.15, -0.1) is 0 Å². The highest BCUT2D eigenvalue weighted by molar-refractivity contribution is 8.00. The Hall–Kier alpha value is -2.36. The first kappa shape index (κ1) is 24.3. The van der Waals surface area contributed by atoms with E-state index in [1.807, 2.05) is 20.8 Å². The lowest BCUT2D eigenvalue weighted by Gasteiger charge is -2.20. The van der Waals surface area contributed by atoms with Crippen molar-refractivity contribution < 1.29 is 4.79 Å². The molecule has 8 nitrogen and oxygen atoms in total. The predicted molar refractivity (Wildman–Crippen MR) is 129 cm³/mol. The molecule has 1 amide bonds. The van der Waals surface area contributed by atoms with E-state index in [1.54, 1.807) is 32.2 Å². The molecule has 1 aromatic carbocycles.